The first-order valence-corrected chi connectivity index (χ1v) is 9.85. The molecule has 1 aromatic rings. The summed E-state index contributed by atoms with van der Waals surface area (Å²) in [7, 11) is 0. The molecule has 0 radical (unpaired) electrons. The smallest absolute Gasteiger partial charge is 0.120 e. The fraction of sp³-hybridized carbons (Fsp3) is 0.500. The SMILES string of the molecule is CCC=O.CCCC=O.CSCCC=O.O=CCCc1ccccc1. The van der Waals surface area contributed by atoms with Crippen LogP contribution in [-0.2, 0) is 25.6 Å². The van der Waals surface area contributed by atoms with Gasteiger partial charge >= 0.3 is 0 Å². The van der Waals surface area contributed by atoms with E-state index in [-0.39, 0.29) is 0 Å². The minimum atomic E-state index is 0.629. The lowest BCUT2D eigenvalue weighted by Gasteiger charge is -1.93. The quantitative estimate of drug-likeness (QED) is 0.479. The van der Waals surface area contributed by atoms with Crippen LogP contribution in [0.5, 0.6) is 0 Å². The van der Waals surface area contributed by atoms with Crippen LogP contribution in [0.3, 0.4) is 0 Å². The van der Waals surface area contributed by atoms with Gasteiger partial charge in [-0.15, -0.1) is 0 Å². The Kier molecular flexibility index (Phi) is 33.9. The van der Waals surface area contributed by atoms with Crippen LogP contribution in [0.15, 0.2) is 30.3 Å². The molecule has 0 saturated carbocycles. The number of benzene rings is 1. The highest BCUT2D eigenvalue weighted by atomic mass is 32.2. The zero-order chi connectivity index (χ0) is 19.6. The lowest BCUT2D eigenvalue weighted by atomic mass is 10.1. The van der Waals surface area contributed by atoms with Gasteiger partial charge in [-0.1, -0.05) is 44.2 Å². The van der Waals surface area contributed by atoms with Gasteiger partial charge in [0.1, 0.15) is 25.1 Å². The highest BCUT2D eigenvalue weighted by Gasteiger charge is 1.87. The molecule has 0 aromatic heterocycles. The second kappa shape index (κ2) is 30.2. The molecular weight excluding hydrogens is 336 g/mol. The third-order valence-electron chi connectivity index (χ3n) is 2.41. The van der Waals surface area contributed by atoms with Gasteiger partial charge in [0.25, 0.3) is 0 Å². The zero-order valence-electron chi connectivity index (χ0n) is 15.7. The molecule has 0 spiro atoms. The minimum Gasteiger partial charge on any atom is -0.303 e. The average molecular weight is 369 g/mol. The van der Waals surface area contributed by atoms with Crippen molar-refractivity contribution >= 4 is 36.9 Å². The molecule has 0 atom stereocenters. The number of carbonyl (C=O) groups is 4. The number of carbonyl (C=O) groups excluding carboxylic acids is 4. The van der Waals surface area contributed by atoms with Crippen molar-refractivity contribution in [2.75, 3.05) is 12.0 Å². The fourth-order valence-electron chi connectivity index (χ4n) is 1.15. The number of aldehydes is 4. The van der Waals surface area contributed by atoms with Crippen molar-refractivity contribution in [2.45, 2.75) is 52.4 Å². The van der Waals surface area contributed by atoms with E-state index in [9.17, 15) is 19.2 Å². The van der Waals surface area contributed by atoms with Crippen LogP contribution in [0.4, 0.5) is 0 Å². The molecule has 0 saturated heterocycles. The van der Waals surface area contributed by atoms with Gasteiger partial charge in [0.05, 0.1) is 0 Å². The van der Waals surface area contributed by atoms with E-state index in [1.165, 1.54) is 5.56 Å². The first kappa shape index (κ1) is 28.1. The lowest BCUT2D eigenvalue weighted by molar-refractivity contribution is -0.108. The Hall–Kier alpha value is -1.75. The van der Waals surface area contributed by atoms with Gasteiger partial charge in [-0.25, -0.2) is 0 Å². The summed E-state index contributed by atoms with van der Waals surface area (Å²) in [4.78, 5) is 38.1. The summed E-state index contributed by atoms with van der Waals surface area (Å²) in [6.07, 6.45) is 10.2. The van der Waals surface area contributed by atoms with E-state index in [0.717, 1.165) is 43.7 Å². The largest absolute Gasteiger partial charge is 0.303 e. The predicted octanol–water partition coefficient (Wildman–Crippen LogP) is 4.34. The number of aryl methyl sites for hydroxylation is 1. The summed E-state index contributed by atoms with van der Waals surface area (Å²) in [5.41, 5.74) is 1.23. The van der Waals surface area contributed by atoms with Crippen molar-refractivity contribution in [3.05, 3.63) is 35.9 Å². The molecule has 1 rings (SSSR count). The average Bonchev–Trinajstić information content (AvgIpc) is 2.67. The molecule has 0 amide bonds. The molecule has 0 aliphatic heterocycles. The highest BCUT2D eigenvalue weighted by Crippen LogP contribution is 2.00. The summed E-state index contributed by atoms with van der Waals surface area (Å²) in [6.45, 7) is 3.79. The maximum atomic E-state index is 9.98. The van der Waals surface area contributed by atoms with Gasteiger partial charge in [-0.3, -0.25) is 0 Å². The summed E-state index contributed by atoms with van der Waals surface area (Å²) in [5.74, 6) is 0.962. The number of unbranched alkanes of at least 4 members (excludes halogenated alkanes) is 1. The Labute approximate surface area is 156 Å². The maximum Gasteiger partial charge on any atom is 0.120 e. The van der Waals surface area contributed by atoms with Gasteiger partial charge in [-0.05, 0) is 30.4 Å². The van der Waals surface area contributed by atoms with E-state index in [0.29, 0.717) is 25.7 Å². The van der Waals surface area contributed by atoms with Crippen molar-refractivity contribution in [2.24, 2.45) is 0 Å². The van der Waals surface area contributed by atoms with Crippen molar-refractivity contribution in [3.63, 3.8) is 0 Å². The molecule has 0 unspecified atom stereocenters. The Morgan fingerprint density at radius 3 is 1.60 bits per heavy atom. The normalized spacial score (nSPS) is 8.12. The van der Waals surface area contributed by atoms with Crippen LogP contribution in [0.2, 0.25) is 0 Å². The molecule has 0 aliphatic carbocycles. The van der Waals surface area contributed by atoms with Gasteiger partial charge in [0.15, 0.2) is 0 Å². The topological polar surface area (TPSA) is 68.3 Å². The Bertz CT molecular complexity index is 394. The summed E-state index contributed by atoms with van der Waals surface area (Å²) >= 11 is 1.69. The zero-order valence-corrected chi connectivity index (χ0v) is 16.5. The maximum absolute atomic E-state index is 9.98. The van der Waals surface area contributed by atoms with Crippen LogP contribution in [0.1, 0.15) is 51.5 Å². The standard InChI is InChI=1S/C9H10O.C4H8OS.C4H8O.C3H6O/c10-8-4-7-9-5-2-1-3-6-9;1-6-4-2-3-5;1-2-3-4-5;1-2-3-4/h1-3,5-6,8H,4,7H2;3H,2,4H2,1H3;4H,2-3H2,1H3;3H,2H2,1H3. The second-order valence-electron chi connectivity index (χ2n) is 4.67. The summed E-state index contributed by atoms with van der Waals surface area (Å²) < 4.78 is 0. The molecule has 4 nitrogen and oxygen atoms in total. The van der Waals surface area contributed by atoms with E-state index < -0.39 is 0 Å². The van der Waals surface area contributed by atoms with Crippen LogP contribution in [-0.4, -0.2) is 37.2 Å². The molecular formula is C20H32O4S. The Balaban J connectivity index is -0.000000280. The van der Waals surface area contributed by atoms with E-state index in [1.54, 1.807) is 11.8 Å². The van der Waals surface area contributed by atoms with Crippen molar-refractivity contribution in [1.29, 1.82) is 0 Å². The van der Waals surface area contributed by atoms with E-state index in [2.05, 4.69) is 0 Å². The third kappa shape index (κ3) is 34.6. The van der Waals surface area contributed by atoms with Crippen molar-refractivity contribution in [3.8, 4) is 0 Å². The van der Waals surface area contributed by atoms with Crippen LogP contribution in [0.25, 0.3) is 0 Å². The van der Waals surface area contributed by atoms with E-state index in [4.69, 9.17) is 0 Å². The Morgan fingerprint density at radius 1 is 0.800 bits per heavy atom. The number of rotatable bonds is 9. The van der Waals surface area contributed by atoms with Gasteiger partial charge < -0.3 is 19.2 Å². The third-order valence-corrected chi connectivity index (χ3v) is 3.05. The van der Waals surface area contributed by atoms with Crippen molar-refractivity contribution < 1.29 is 19.2 Å². The number of hydrogen-bond acceptors (Lipinski definition) is 5. The molecule has 0 N–H and O–H groups in total. The molecule has 1 aromatic carbocycles. The summed E-state index contributed by atoms with van der Waals surface area (Å²) in [5, 5.41) is 0. The van der Waals surface area contributed by atoms with Crippen molar-refractivity contribution in [1.82, 2.24) is 0 Å². The summed E-state index contributed by atoms with van der Waals surface area (Å²) in [6, 6.07) is 10.0. The second-order valence-corrected chi connectivity index (χ2v) is 5.65. The van der Waals surface area contributed by atoms with Crippen LogP contribution in [0, 0.1) is 0 Å². The van der Waals surface area contributed by atoms with E-state index in [1.807, 2.05) is 50.4 Å². The number of hydrogen-bond donors (Lipinski definition) is 0. The highest BCUT2D eigenvalue weighted by molar-refractivity contribution is 7.98. The van der Waals surface area contributed by atoms with Gasteiger partial charge in [-0.2, -0.15) is 11.8 Å². The van der Waals surface area contributed by atoms with Crippen LogP contribution >= 0.6 is 11.8 Å². The molecule has 142 valence electrons. The molecule has 5 heteroatoms. The Morgan fingerprint density at radius 2 is 1.32 bits per heavy atom. The predicted molar refractivity (Wildman–Crippen MR) is 107 cm³/mol. The molecule has 25 heavy (non-hydrogen) atoms. The van der Waals surface area contributed by atoms with Crippen LogP contribution < -0.4 is 0 Å². The molecule has 0 aliphatic rings. The first-order valence-electron chi connectivity index (χ1n) is 8.45. The molecule has 0 bridgehead atoms. The first-order chi connectivity index (χ1) is 12.2. The lowest BCUT2D eigenvalue weighted by Crippen LogP contribution is -1.83. The monoisotopic (exact) mass is 368 g/mol. The fourth-order valence-corrected chi connectivity index (χ4v) is 1.49. The van der Waals surface area contributed by atoms with Gasteiger partial charge in [0, 0.05) is 25.7 Å². The molecule has 0 heterocycles. The van der Waals surface area contributed by atoms with Gasteiger partial charge in [0.2, 0.25) is 0 Å². The minimum absolute atomic E-state index is 0.629. The van der Waals surface area contributed by atoms with E-state index >= 15 is 0 Å². The molecule has 0 fully saturated rings. The number of thioether (sulfide) groups is 1.